The van der Waals surface area contributed by atoms with Gasteiger partial charge >= 0.3 is 5.97 Å². The second-order valence-corrected chi connectivity index (χ2v) is 6.76. The van der Waals surface area contributed by atoms with Gasteiger partial charge in [0.05, 0.1) is 6.10 Å². The zero-order chi connectivity index (χ0) is 18.2. The fourth-order valence-corrected chi connectivity index (χ4v) is 2.76. The smallest absolute Gasteiger partial charge is 0.328 e. The van der Waals surface area contributed by atoms with E-state index in [1.807, 2.05) is 0 Å². The molecule has 1 amide bonds. The van der Waals surface area contributed by atoms with Crippen molar-refractivity contribution in [1.29, 1.82) is 0 Å². The van der Waals surface area contributed by atoms with Crippen molar-refractivity contribution in [2.45, 2.75) is 109 Å². The maximum absolute atomic E-state index is 11.7. The number of rotatable bonds is 16. The van der Waals surface area contributed by atoms with E-state index in [1.165, 1.54) is 64.7 Å². The molecule has 5 nitrogen and oxygen atoms in total. The zero-order valence-corrected chi connectivity index (χ0v) is 15.6. The fraction of sp³-hybridized carbons (Fsp3) is 0.895. The summed E-state index contributed by atoms with van der Waals surface area (Å²) in [7, 11) is 0. The number of carbonyl (C=O) groups is 2. The van der Waals surface area contributed by atoms with Gasteiger partial charge in [-0.1, -0.05) is 77.6 Å². The van der Waals surface area contributed by atoms with Crippen LogP contribution in [0.3, 0.4) is 0 Å². The Hall–Kier alpha value is -1.10. The highest BCUT2D eigenvalue weighted by Gasteiger charge is 2.24. The summed E-state index contributed by atoms with van der Waals surface area (Å²) in [6, 6.07) is -1.21. The summed E-state index contributed by atoms with van der Waals surface area (Å²) in [5.41, 5.74) is 0. The van der Waals surface area contributed by atoms with Crippen molar-refractivity contribution in [3.8, 4) is 0 Å². The Morgan fingerprint density at radius 1 is 0.833 bits per heavy atom. The van der Waals surface area contributed by atoms with E-state index in [0.717, 1.165) is 19.3 Å². The molecule has 0 aliphatic heterocycles. The second-order valence-electron chi connectivity index (χ2n) is 6.76. The number of unbranched alkanes of at least 4 members (excludes halogenated alkanes) is 11. The molecule has 0 saturated heterocycles. The molecule has 24 heavy (non-hydrogen) atoms. The maximum Gasteiger partial charge on any atom is 0.328 e. The topological polar surface area (TPSA) is 86.6 Å². The van der Waals surface area contributed by atoms with E-state index >= 15 is 0 Å². The van der Waals surface area contributed by atoms with Gasteiger partial charge in [0, 0.05) is 6.42 Å². The lowest BCUT2D eigenvalue weighted by molar-refractivity contribution is -0.144. The standard InChI is InChI=1S/C19H37NO4/c1-3-4-5-6-7-8-9-10-11-12-13-14-15-17(22)20-18(16(2)21)19(23)24/h16,18,21H,3-15H2,1-2H3,(H,20,22)(H,23,24). The molecule has 0 aromatic carbocycles. The molecule has 3 N–H and O–H groups in total. The minimum absolute atomic E-state index is 0.296. The van der Waals surface area contributed by atoms with E-state index in [9.17, 15) is 14.7 Å². The van der Waals surface area contributed by atoms with E-state index < -0.39 is 18.1 Å². The Kier molecular flexibility index (Phi) is 14.7. The highest BCUT2D eigenvalue weighted by Crippen LogP contribution is 2.12. The number of nitrogens with one attached hydrogen (secondary N) is 1. The molecule has 0 aliphatic rings. The third-order valence-corrected chi connectivity index (χ3v) is 4.32. The van der Waals surface area contributed by atoms with Gasteiger partial charge in [-0.05, 0) is 13.3 Å². The van der Waals surface area contributed by atoms with E-state index in [4.69, 9.17) is 5.11 Å². The second kappa shape index (κ2) is 15.4. The Balaban J connectivity index is 3.43. The molecule has 5 heteroatoms. The molecule has 0 heterocycles. The first-order chi connectivity index (χ1) is 11.5. The molecule has 0 aliphatic carbocycles. The van der Waals surface area contributed by atoms with Crippen LogP contribution < -0.4 is 5.32 Å². The molecule has 142 valence electrons. The van der Waals surface area contributed by atoms with Crippen LogP contribution in [0.4, 0.5) is 0 Å². The van der Waals surface area contributed by atoms with Crippen LogP contribution in [0.5, 0.6) is 0 Å². The predicted molar refractivity (Wildman–Crippen MR) is 96.9 cm³/mol. The monoisotopic (exact) mass is 343 g/mol. The molecule has 0 aromatic rings. The molecule has 0 spiro atoms. The first-order valence-electron chi connectivity index (χ1n) is 9.69. The molecule has 0 saturated carbocycles. The van der Waals surface area contributed by atoms with Crippen LogP contribution in [0.1, 0.15) is 97.3 Å². The van der Waals surface area contributed by atoms with Crippen molar-refractivity contribution in [3.63, 3.8) is 0 Å². The molecule has 2 atom stereocenters. The van der Waals surface area contributed by atoms with Gasteiger partial charge in [0.2, 0.25) is 5.91 Å². The number of carbonyl (C=O) groups excluding carboxylic acids is 1. The lowest BCUT2D eigenvalue weighted by Gasteiger charge is -2.16. The van der Waals surface area contributed by atoms with Crippen molar-refractivity contribution in [2.24, 2.45) is 0 Å². The molecule has 0 rings (SSSR count). The van der Waals surface area contributed by atoms with Gasteiger partial charge in [-0.15, -0.1) is 0 Å². The molecular formula is C19H37NO4. The van der Waals surface area contributed by atoms with E-state index in [2.05, 4.69) is 12.2 Å². The van der Waals surface area contributed by atoms with Gasteiger partial charge in [-0.3, -0.25) is 4.79 Å². The Labute approximate surface area is 147 Å². The first-order valence-corrected chi connectivity index (χ1v) is 9.69. The molecule has 2 unspecified atom stereocenters. The van der Waals surface area contributed by atoms with Gasteiger partial charge in [0.25, 0.3) is 0 Å². The lowest BCUT2D eigenvalue weighted by Crippen LogP contribution is -2.47. The number of aliphatic hydroxyl groups is 1. The van der Waals surface area contributed by atoms with E-state index in [1.54, 1.807) is 0 Å². The largest absolute Gasteiger partial charge is 0.480 e. The van der Waals surface area contributed by atoms with Crippen LogP contribution in [0.2, 0.25) is 0 Å². The van der Waals surface area contributed by atoms with Gasteiger partial charge in [-0.25, -0.2) is 4.79 Å². The van der Waals surface area contributed by atoms with E-state index in [0.29, 0.717) is 6.42 Å². The van der Waals surface area contributed by atoms with Crippen LogP contribution in [0, 0.1) is 0 Å². The SMILES string of the molecule is CCCCCCCCCCCCCCC(=O)NC(C(=O)O)C(C)O. The number of aliphatic hydroxyl groups excluding tert-OH is 1. The van der Waals surface area contributed by atoms with Crippen molar-refractivity contribution in [1.82, 2.24) is 5.32 Å². The number of carboxylic acids is 1. The van der Waals surface area contributed by atoms with E-state index in [-0.39, 0.29) is 5.91 Å². The minimum Gasteiger partial charge on any atom is -0.480 e. The Morgan fingerprint density at radius 3 is 1.62 bits per heavy atom. The van der Waals surface area contributed by atoms with Gasteiger partial charge in [-0.2, -0.15) is 0 Å². The average molecular weight is 344 g/mol. The number of carboxylic acid groups (broad SMARTS) is 1. The number of aliphatic carboxylic acids is 1. The van der Waals surface area contributed by atoms with Crippen LogP contribution in [-0.4, -0.2) is 34.2 Å². The molecule has 0 fully saturated rings. The minimum atomic E-state index is -1.21. The van der Waals surface area contributed by atoms with Crippen molar-refractivity contribution < 1.29 is 19.8 Å². The molecular weight excluding hydrogens is 306 g/mol. The fourth-order valence-electron chi connectivity index (χ4n) is 2.76. The van der Waals surface area contributed by atoms with Crippen LogP contribution >= 0.6 is 0 Å². The summed E-state index contributed by atoms with van der Waals surface area (Å²) in [5, 5.41) is 20.6. The summed E-state index contributed by atoms with van der Waals surface area (Å²) in [6.07, 6.45) is 14.0. The van der Waals surface area contributed by atoms with Crippen molar-refractivity contribution in [2.75, 3.05) is 0 Å². The van der Waals surface area contributed by atoms with Crippen LogP contribution in [0.15, 0.2) is 0 Å². The maximum atomic E-state index is 11.7. The zero-order valence-electron chi connectivity index (χ0n) is 15.6. The number of hydrogen-bond acceptors (Lipinski definition) is 3. The van der Waals surface area contributed by atoms with Gasteiger partial charge in [0.1, 0.15) is 0 Å². The third kappa shape index (κ3) is 13.3. The quantitative estimate of drug-likeness (QED) is 0.369. The van der Waals surface area contributed by atoms with Gasteiger partial charge in [0.15, 0.2) is 6.04 Å². The summed E-state index contributed by atoms with van der Waals surface area (Å²) in [5.74, 6) is -1.50. The highest BCUT2D eigenvalue weighted by atomic mass is 16.4. The number of amides is 1. The summed E-state index contributed by atoms with van der Waals surface area (Å²) in [6.45, 7) is 3.60. The predicted octanol–water partition coefficient (Wildman–Crippen LogP) is 4.03. The summed E-state index contributed by atoms with van der Waals surface area (Å²) >= 11 is 0. The van der Waals surface area contributed by atoms with Crippen LogP contribution in [-0.2, 0) is 9.59 Å². The molecule has 0 aromatic heterocycles. The Bertz CT molecular complexity index is 331. The summed E-state index contributed by atoms with van der Waals surface area (Å²) < 4.78 is 0. The van der Waals surface area contributed by atoms with Gasteiger partial charge < -0.3 is 15.5 Å². The normalized spacial score (nSPS) is 13.5. The summed E-state index contributed by atoms with van der Waals surface area (Å²) in [4.78, 5) is 22.5. The van der Waals surface area contributed by atoms with Crippen molar-refractivity contribution >= 4 is 11.9 Å². The number of hydrogen-bond donors (Lipinski definition) is 3. The lowest BCUT2D eigenvalue weighted by atomic mass is 10.0. The van der Waals surface area contributed by atoms with Crippen LogP contribution in [0.25, 0.3) is 0 Å². The molecule has 0 bridgehead atoms. The third-order valence-electron chi connectivity index (χ3n) is 4.32. The highest BCUT2D eigenvalue weighted by molar-refractivity contribution is 5.83. The molecule has 0 radical (unpaired) electrons. The van der Waals surface area contributed by atoms with Crippen molar-refractivity contribution in [3.05, 3.63) is 0 Å². The average Bonchev–Trinajstić information content (AvgIpc) is 2.53. The Morgan fingerprint density at radius 2 is 1.25 bits per heavy atom. The first kappa shape index (κ1) is 22.9.